The van der Waals surface area contributed by atoms with E-state index in [4.69, 9.17) is 4.74 Å². The molecule has 100 valence electrons. The lowest BCUT2D eigenvalue weighted by atomic mass is 10.1. The van der Waals surface area contributed by atoms with E-state index in [9.17, 15) is 0 Å². The Morgan fingerprint density at radius 3 is 2.39 bits per heavy atom. The van der Waals surface area contributed by atoms with E-state index in [1.807, 2.05) is 26.0 Å². The Balaban J connectivity index is 2.49. The van der Waals surface area contributed by atoms with E-state index in [-0.39, 0.29) is 6.10 Å². The predicted octanol–water partition coefficient (Wildman–Crippen LogP) is 3.88. The summed E-state index contributed by atoms with van der Waals surface area (Å²) >= 11 is 0. The van der Waals surface area contributed by atoms with Crippen molar-refractivity contribution in [1.82, 2.24) is 5.32 Å². The van der Waals surface area contributed by atoms with Gasteiger partial charge in [0.2, 0.25) is 0 Å². The molecule has 0 heterocycles. The van der Waals surface area contributed by atoms with Gasteiger partial charge in [0.15, 0.2) is 0 Å². The average Bonchev–Trinajstić information content (AvgIpc) is 2.35. The van der Waals surface area contributed by atoms with Crippen LogP contribution in [0.4, 0.5) is 0 Å². The first-order valence-corrected chi connectivity index (χ1v) is 6.80. The number of hydrogen-bond acceptors (Lipinski definition) is 2. The number of ether oxygens (including phenoxy) is 1. The number of benzene rings is 1. The van der Waals surface area contributed by atoms with Crippen LogP contribution in [-0.2, 0) is 0 Å². The van der Waals surface area contributed by atoms with Crippen LogP contribution < -0.4 is 10.1 Å². The normalized spacial score (nSPS) is 13.2. The molecule has 1 atom stereocenters. The smallest absolute Gasteiger partial charge is 0.119 e. The van der Waals surface area contributed by atoms with Crippen LogP contribution in [0.1, 0.15) is 39.7 Å². The van der Waals surface area contributed by atoms with Crippen molar-refractivity contribution >= 4 is 6.08 Å². The van der Waals surface area contributed by atoms with Crippen LogP contribution in [0.2, 0.25) is 0 Å². The van der Waals surface area contributed by atoms with Crippen molar-refractivity contribution in [2.45, 2.75) is 46.3 Å². The first-order chi connectivity index (χ1) is 8.61. The summed E-state index contributed by atoms with van der Waals surface area (Å²) in [5, 5.41) is 3.43. The molecule has 0 amide bonds. The average molecular weight is 247 g/mol. The molecule has 18 heavy (non-hydrogen) atoms. The third-order valence-corrected chi connectivity index (χ3v) is 2.55. The lowest BCUT2D eigenvalue weighted by Gasteiger charge is -2.10. The Morgan fingerprint density at radius 2 is 1.83 bits per heavy atom. The quantitative estimate of drug-likeness (QED) is 0.789. The Morgan fingerprint density at radius 1 is 1.17 bits per heavy atom. The Labute approximate surface area is 111 Å². The van der Waals surface area contributed by atoms with Gasteiger partial charge in [-0.1, -0.05) is 31.2 Å². The van der Waals surface area contributed by atoms with Gasteiger partial charge in [0, 0.05) is 6.04 Å². The largest absolute Gasteiger partial charge is 0.491 e. The highest BCUT2D eigenvalue weighted by molar-refractivity contribution is 5.51. The molecule has 1 aromatic rings. The summed E-state index contributed by atoms with van der Waals surface area (Å²) in [6.07, 6.45) is 5.73. The third kappa shape index (κ3) is 5.87. The Kier molecular flexibility index (Phi) is 6.51. The Hall–Kier alpha value is -1.28. The van der Waals surface area contributed by atoms with Crippen LogP contribution in [-0.4, -0.2) is 18.7 Å². The third-order valence-electron chi connectivity index (χ3n) is 2.55. The van der Waals surface area contributed by atoms with Gasteiger partial charge in [-0.15, -0.1) is 0 Å². The summed E-state index contributed by atoms with van der Waals surface area (Å²) in [6.45, 7) is 9.48. The monoisotopic (exact) mass is 247 g/mol. The van der Waals surface area contributed by atoms with E-state index < -0.39 is 0 Å². The van der Waals surface area contributed by atoms with Gasteiger partial charge in [0.25, 0.3) is 0 Å². The van der Waals surface area contributed by atoms with Crippen LogP contribution in [0, 0.1) is 0 Å². The summed E-state index contributed by atoms with van der Waals surface area (Å²) in [4.78, 5) is 0. The van der Waals surface area contributed by atoms with Gasteiger partial charge >= 0.3 is 0 Å². The molecule has 0 bridgehead atoms. The van der Waals surface area contributed by atoms with E-state index in [2.05, 4.69) is 43.4 Å². The molecule has 2 nitrogen and oxygen atoms in total. The van der Waals surface area contributed by atoms with Crippen LogP contribution in [0.15, 0.2) is 30.3 Å². The zero-order chi connectivity index (χ0) is 13.4. The van der Waals surface area contributed by atoms with E-state index in [0.29, 0.717) is 6.04 Å². The van der Waals surface area contributed by atoms with Gasteiger partial charge < -0.3 is 10.1 Å². The molecule has 0 radical (unpaired) electrons. The zero-order valence-electron chi connectivity index (χ0n) is 11.9. The fourth-order valence-electron chi connectivity index (χ4n) is 1.63. The molecule has 0 aliphatic carbocycles. The van der Waals surface area contributed by atoms with E-state index in [1.54, 1.807) is 0 Å². The highest BCUT2D eigenvalue weighted by Crippen LogP contribution is 2.14. The highest BCUT2D eigenvalue weighted by atomic mass is 16.5. The van der Waals surface area contributed by atoms with E-state index in [0.717, 1.165) is 12.3 Å². The molecule has 1 rings (SSSR count). The van der Waals surface area contributed by atoms with Crippen molar-refractivity contribution < 1.29 is 4.74 Å². The minimum absolute atomic E-state index is 0.227. The van der Waals surface area contributed by atoms with Crippen molar-refractivity contribution in [3.05, 3.63) is 35.9 Å². The highest BCUT2D eigenvalue weighted by Gasteiger charge is 1.97. The SMILES string of the molecule is CCCNC(C)/C=C/c1ccc(OC(C)C)cc1. The molecule has 0 aromatic heterocycles. The maximum Gasteiger partial charge on any atom is 0.119 e. The molecule has 0 saturated heterocycles. The van der Waals surface area contributed by atoms with Gasteiger partial charge in [0.05, 0.1) is 6.10 Å². The predicted molar refractivity (Wildman–Crippen MR) is 79.0 cm³/mol. The summed E-state index contributed by atoms with van der Waals surface area (Å²) in [6, 6.07) is 8.62. The molecule has 1 aromatic carbocycles. The summed E-state index contributed by atoms with van der Waals surface area (Å²) < 4.78 is 5.61. The molecular weight excluding hydrogens is 222 g/mol. The molecule has 0 spiro atoms. The Bertz CT molecular complexity index is 354. The van der Waals surface area contributed by atoms with Crippen molar-refractivity contribution in [1.29, 1.82) is 0 Å². The van der Waals surface area contributed by atoms with E-state index in [1.165, 1.54) is 12.0 Å². The van der Waals surface area contributed by atoms with Crippen molar-refractivity contribution in [3.63, 3.8) is 0 Å². The molecule has 1 N–H and O–H groups in total. The standard InChI is InChI=1S/C16H25NO/c1-5-12-17-14(4)6-7-15-8-10-16(11-9-15)18-13(2)3/h6-11,13-14,17H,5,12H2,1-4H3/b7-6+. The van der Waals surface area contributed by atoms with Gasteiger partial charge in [-0.25, -0.2) is 0 Å². The second-order valence-electron chi connectivity index (χ2n) is 4.84. The second kappa shape index (κ2) is 7.93. The second-order valence-corrected chi connectivity index (χ2v) is 4.84. The summed E-state index contributed by atoms with van der Waals surface area (Å²) in [5.74, 6) is 0.930. The summed E-state index contributed by atoms with van der Waals surface area (Å²) in [5.41, 5.74) is 1.20. The first kappa shape index (κ1) is 14.8. The molecule has 0 fully saturated rings. The molecular formula is C16H25NO. The zero-order valence-corrected chi connectivity index (χ0v) is 11.9. The molecule has 0 aliphatic rings. The lowest BCUT2D eigenvalue weighted by Crippen LogP contribution is -2.24. The molecule has 0 saturated carbocycles. The number of rotatable bonds is 7. The van der Waals surface area contributed by atoms with Crippen LogP contribution in [0.5, 0.6) is 5.75 Å². The lowest BCUT2D eigenvalue weighted by molar-refractivity contribution is 0.242. The minimum atomic E-state index is 0.227. The number of hydrogen-bond donors (Lipinski definition) is 1. The van der Waals surface area contributed by atoms with Gasteiger partial charge in [0.1, 0.15) is 5.75 Å². The van der Waals surface area contributed by atoms with Crippen LogP contribution in [0.3, 0.4) is 0 Å². The maximum absolute atomic E-state index is 5.61. The topological polar surface area (TPSA) is 21.3 Å². The van der Waals surface area contributed by atoms with Gasteiger partial charge in [-0.05, 0) is 51.4 Å². The van der Waals surface area contributed by atoms with Gasteiger partial charge in [-0.3, -0.25) is 0 Å². The van der Waals surface area contributed by atoms with Crippen molar-refractivity contribution in [2.75, 3.05) is 6.54 Å². The minimum Gasteiger partial charge on any atom is -0.491 e. The first-order valence-electron chi connectivity index (χ1n) is 6.80. The van der Waals surface area contributed by atoms with Crippen LogP contribution >= 0.6 is 0 Å². The molecule has 2 heteroatoms. The number of nitrogens with one attached hydrogen (secondary N) is 1. The molecule has 1 unspecified atom stereocenters. The van der Waals surface area contributed by atoms with Crippen LogP contribution in [0.25, 0.3) is 6.08 Å². The van der Waals surface area contributed by atoms with Crippen molar-refractivity contribution in [3.8, 4) is 5.75 Å². The maximum atomic E-state index is 5.61. The van der Waals surface area contributed by atoms with Crippen molar-refractivity contribution in [2.24, 2.45) is 0 Å². The van der Waals surface area contributed by atoms with Gasteiger partial charge in [-0.2, -0.15) is 0 Å². The summed E-state index contributed by atoms with van der Waals surface area (Å²) in [7, 11) is 0. The van der Waals surface area contributed by atoms with E-state index >= 15 is 0 Å². The molecule has 0 aliphatic heterocycles. The fourth-order valence-corrected chi connectivity index (χ4v) is 1.63. The fraction of sp³-hybridized carbons (Fsp3) is 0.500.